The summed E-state index contributed by atoms with van der Waals surface area (Å²) in [6.45, 7) is 5.25. The van der Waals surface area contributed by atoms with Gasteiger partial charge in [0.15, 0.2) is 0 Å². The maximum Gasteiger partial charge on any atom is -0.0149 e. The lowest BCUT2D eigenvalue weighted by molar-refractivity contribution is 1.11. The van der Waals surface area contributed by atoms with Crippen molar-refractivity contribution in [3.63, 3.8) is 0 Å². The molecule has 0 rings (SSSR count). The Hall–Kier alpha value is -0.113. The summed E-state index contributed by atoms with van der Waals surface area (Å²) in [7, 11) is 0. The molecular weight excluding hydrogens is 83.1 g/mol. The fourth-order valence-corrected chi connectivity index (χ4v) is 0. The Bertz CT molecular complexity index is 14.4. The van der Waals surface area contributed by atoms with Crippen LogP contribution < -0.4 is 0 Å². The second-order valence-electron chi connectivity index (χ2n) is 0.408. The van der Waals surface area contributed by atoms with Crippen molar-refractivity contribution in [1.29, 1.82) is 0 Å². The van der Waals surface area contributed by atoms with Gasteiger partial charge in [-0.15, -0.1) is 6.58 Å². The number of halogens is 1. The molecule has 0 aliphatic carbocycles. The van der Waals surface area contributed by atoms with E-state index in [4.69, 9.17) is 0 Å². The molecular formula is C3H11FSi. The lowest BCUT2D eigenvalue weighted by Crippen LogP contribution is -1.07. The molecule has 0 atom stereocenters. The van der Waals surface area contributed by atoms with Gasteiger partial charge >= 0.3 is 0 Å². The summed E-state index contributed by atoms with van der Waals surface area (Å²) in [5, 5.41) is 0. The molecule has 0 aromatic heterocycles. The molecule has 0 aliphatic heterocycles. The van der Waals surface area contributed by atoms with E-state index in [2.05, 4.69) is 6.58 Å². The predicted octanol–water partition coefficient (Wildman–Crippen LogP) is -0.107. The van der Waals surface area contributed by atoms with Crippen LogP contribution in [0.5, 0.6) is 0 Å². The Morgan fingerprint density at radius 1 is 1.60 bits per heavy atom. The van der Waals surface area contributed by atoms with Crippen LogP contribution in [0.2, 0.25) is 0 Å². The first-order valence-corrected chi connectivity index (χ1v) is 0.986. The van der Waals surface area contributed by atoms with E-state index < -0.39 is 0 Å². The van der Waals surface area contributed by atoms with E-state index in [-0.39, 0.29) is 15.7 Å². The third kappa shape index (κ3) is 1080. The molecule has 0 heterocycles. The molecule has 0 amide bonds. The maximum absolute atomic E-state index is 3.36. The summed E-state index contributed by atoms with van der Waals surface area (Å²) in [4.78, 5) is 0. The normalized spacial score (nSPS) is 2.60. The fourth-order valence-electron chi connectivity index (χ4n) is 0. The summed E-state index contributed by atoms with van der Waals surface area (Å²) < 4.78 is 0. The SMILES string of the molecule is C=CC.F.[SiH4]. The van der Waals surface area contributed by atoms with Crippen molar-refractivity contribution < 1.29 is 4.70 Å². The Morgan fingerprint density at radius 3 is 1.60 bits per heavy atom. The van der Waals surface area contributed by atoms with Gasteiger partial charge in [-0.2, -0.15) is 0 Å². The summed E-state index contributed by atoms with van der Waals surface area (Å²) in [5.74, 6) is 0. The third-order valence-corrected chi connectivity index (χ3v) is 0. The zero-order chi connectivity index (χ0) is 2.71. The minimum atomic E-state index is 0. The van der Waals surface area contributed by atoms with Crippen LogP contribution in [-0.4, -0.2) is 11.0 Å². The quantitative estimate of drug-likeness (QED) is 0.290. The highest BCUT2D eigenvalue weighted by molar-refractivity contribution is 5.75. The van der Waals surface area contributed by atoms with Crippen LogP contribution >= 0.6 is 0 Å². The largest absolute Gasteiger partial charge is 0.269 e. The van der Waals surface area contributed by atoms with Gasteiger partial charge in [-0.25, -0.2) is 0 Å². The van der Waals surface area contributed by atoms with Crippen LogP contribution in [0.4, 0.5) is 4.70 Å². The van der Waals surface area contributed by atoms with Crippen LogP contribution in [0, 0.1) is 0 Å². The summed E-state index contributed by atoms with van der Waals surface area (Å²) >= 11 is 0. The smallest absolute Gasteiger partial charge is 0.0149 e. The Balaban J connectivity index is -0.0000000200. The highest BCUT2D eigenvalue weighted by Gasteiger charge is 1.15. The minimum Gasteiger partial charge on any atom is -0.269 e. The number of allylic oxidation sites excluding steroid dienone is 1. The molecule has 0 bridgehead atoms. The van der Waals surface area contributed by atoms with E-state index in [0.29, 0.717) is 0 Å². The fraction of sp³-hybridized carbons (Fsp3) is 0.333. The molecule has 0 nitrogen and oxygen atoms in total. The molecule has 5 heavy (non-hydrogen) atoms. The monoisotopic (exact) mass is 94.1 g/mol. The molecule has 0 spiro atoms. The van der Waals surface area contributed by atoms with E-state index in [9.17, 15) is 0 Å². The van der Waals surface area contributed by atoms with Crippen molar-refractivity contribution in [3.05, 3.63) is 12.7 Å². The summed E-state index contributed by atoms with van der Waals surface area (Å²) in [6, 6.07) is 0. The van der Waals surface area contributed by atoms with E-state index in [1.54, 1.807) is 6.08 Å². The standard InChI is InChI=1S/C3H6.FH.H4Si/c1-3-2;;/h3H,1H2,2H3;1H;1H4. The van der Waals surface area contributed by atoms with Gasteiger partial charge in [0.2, 0.25) is 0 Å². The summed E-state index contributed by atoms with van der Waals surface area (Å²) in [5.41, 5.74) is 0. The average Bonchev–Trinajstić information content (AvgIpc) is 0.918. The minimum absolute atomic E-state index is 0. The number of hydrogen-bond donors (Lipinski definition) is 0. The van der Waals surface area contributed by atoms with Gasteiger partial charge in [-0.05, 0) is 17.9 Å². The molecule has 0 aromatic rings. The van der Waals surface area contributed by atoms with Gasteiger partial charge in [0.05, 0.1) is 0 Å². The topological polar surface area (TPSA) is 0 Å². The summed E-state index contributed by atoms with van der Waals surface area (Å²) in [6.07, 6.45) is 1.75. The van der Waals surface area contributed by atoms with Gasteiger partial charge in [0.1, 0.15) is 0 Å². The molecule has 0 saturated heterocycles. The van der Waals surface area contributed by atoms with Crippen molar-refractivity contribution in [3.8, 4) is 0 Å². The Kier molecular flexibility index (Phi) is 171. The molecule has 34 valence electrons. The Morgan fingerprint density at radius 2 is 1.60 bits per heavy atom. The second-order valence-corrected chi connectivity index (χ2v) is 0.408. The third-order valence-electron chi connectivity index (χ3n) is 0. The zero-order valence-electron chi connectivity index (χ0n) is 2.69. The average molecular weight is 94.2 g/mol. The zero-order valence-corrected chi connectivity index (χ0v) is 2.69. The maximum atomic E-state index is 3.36. The molecule has 0 radical (unpaired) electrons. The predicted molar refractivity (Wildman–Crippen MR) is 29.7 cm³/mol. The molecule has 0 fully saturated rings. The first-order valence-electron chi connectivity index (χ1n) is 0.986. The second kappa shape index (κ2) is 41.2. The van der Waals surface area contributed by atoms with Crippen LogP contribution in [0.15, 0.2) is 12.7 Å². The van der Waals surface area contributed by atoms with Gasteiger partial charge in [0, 0.05) is 0 Å². The van der Waals surface area contributed by atoms with Crippen LogP contribution in [0.1, 0.15) is 6.92 Å². The van der Waals surface area contributed by atoms with Crippen LogP contribution in [0.25, 0.3) is 0 Å². The molecule has 0 aromatic carbocycles. The van der Waals surface area contributed by atoms with Crippen molar-refractivity contribution in [2.75, 3.05) is 0 Å². The van der Waals surface area contributed by atoms with E-state index in [0.717, 1.165) is 0 Å². The van der Waals surface area contributed by atoms with Crippen LogP contribution in [-0.2, 0) is 0 Å². The first-order chi connectivity index (χ1) is 1.41. The van der Waals surface area contributed by atoms with Gasteiger partial charge in [-0.1, -0.05) is 6.08 Å². The van der Waals surface area contributed by atoms with Crippen molar-refractivity contribution >= 4 is 11.0 Å². The van der Waals surface area contributed by atoms with Crippen molar-refractivity contribution in [2.45, 2.75) is 6.92 Å². The first kappa shape index (κ1) is 20.7. The molecule has 0 N–H and O–H groups in total. The molecule has 0 aliphatic rings. The van der Waals surface area contributed by atoms with Crippen molar-refractivity contribution in [2.24, 2.45) is 0 Å². The van der Waals surface area contributed by atoms with E-state index in [1.165, 1.54) is 0 Å². The Labute approximate surface area is 36.3 Å². The van der Waals surface area contributed by atoms with Crippen molar-refractivity contribution in [1.82, 2.24) is 0 Å². The van der Waals surface area contributed by atoms with Gasteiger partial charge < -0.3 is 0 Å². The number of rotatable bonds is 0. The van der Waals surface area contributed by atoms with Gasteiger partial charge in [0.25, 0.3) is 0 Å². The molecule has 0 unspecified atom stereocenters. The number of hydrogen-bond acceptors (Lipinski definition) is 0. The molecule has 2 heteroatoms. The molecule has 0 saturated carbocycles. The van der Waals surface area contributed by atoms with E-state index >= 15 is 0 Å². The van der Waals surface area contributed by atoms with Gasteiger partial charge in [-0.3, -0.25) is 4.70 Å². The highest BCUT2D eigenvalue weighted by atomic mass is 28.1. The van der Waals surface area contributed by atoms with Crippen LogP contribution in [0.3, 0.4) is 0 Å². The van der Waals surface area contributed by atoms with E-state index in [1.807, 2.05) is 6.92 Å². The lowest BCUT2D eigenvalue weighted by atomic mass is 10.8. The highest BCUT2D eigenvalue weighted by Crippen LogP contribution is 1.38. The lowest BCUT2D eigenvalue weighted by Gasteiger charge is -1.31.